The molecule has 6 heteroatoms. The van der Waals surface area contributed by atoms with Crippen LogP contribution in [0.3, 0.4) is 0 Å². The molecule has 0 aliphatic rings. The summed E-state index contributed by atoms with van der Waals surface area (Å²) in [5.41, 5.74) is 0.559. The quantitative estimate of drug-likeness (QED) is 0.894. The highest BCUT2D eigenvalue weighted by Gasteiger charge is 2.06. The van der Waals surface area contributed by atoms with Gasteiger partial charge in [0.2, 0.25) is 5.95 Å². The lowest BCUT2D eigenvalue weighted by Crippen LogP contribution is -2.13. The Labute approximate surface area is 98.9 Å². The van der Waals surface area contributed by atoms with Gasteiger partial charge in [0.25, 0.3) is 0 Å². The van der Waals surface area contributed by atoms with Crippen molar-refractivity contribution in [3.05, 3.63) is 41.9 Å². The molecular formula is C10H13ClFN3O. The average molecular weight is 246 g/mol. The first-order valence-corrected chi connectivity index (χ1v) is 4.67. The minimum Gasteiger partial charge on any atom is -0.468 e. The molecule has 0 unspecified atom stereocenters. The van der Waals surface area contributed by atoms with E-state index in [1.165, 1.54) is 10.9 Å². The maximum atomic E-state index is 13.3. The Morgan fingerprint density at radius 2 is 2.31 bits per heavy atom. The van der Waals surface area contributed by atoms with Crippen LogP contribution in [0.5, 0.6) is 0 Å². The minimum absolute atomic E-state index is 0. The lowest BCUT2D eigenvalue weighted by atomic mass is 10.3. The summed E-state index contributed by atoms with van der Waals surface area (Å²) >= 11 is 0. The van der Waals surface area contributed by atoms with Crippen molar-refractivity contribution in [2.75, 3.05) is 0 Å². The fourth-order valence-electron chi connectivity index (χ4n) is 1.32. The van der Waals surface area contributed by atoms with Crippen molar-refractivity contribution in [3.8, 4) is 0 Å². The lowest BCUT2D eigenvalue weighted by Gasteiger charge is -2.00. The van der Waals surface area contributed by atoms with Crippen molar-refractivity contribution >= 4 is 12.4 Å². The molecular weight excluding hydrogens is 233 g/mol. The summed E-state index contributed by atoms with van der Waals surface area (Å²) in [6.07, 6.45) is 3.13. The molecule has 0 radical (unpaired) electrons. The van der Waals surface area contributed by atoms with Crippen LogP contribution in [0, 0.1) is 5.95 Å². The van der Waals surface area contributed by atoms with Crippen LogP contribution in [0.2, 0.25) is 0 Å². The fourth-order valence-corrected chi connectivity index (χ4v) is 1.32. The molecule has 0 fully saturated rings. The van der Waals surface area contributed by atoms with Crippen molar-refractivity contribution in [1.82, 2.24) is 15.1 Å². The van der Waals surface area contributed by atoms with E-state index in [0.717, 1.165) is 5.76 Å². The number of furan rings is 1. The van der Waals surface area contributed by atoms with E-state index in [1.807, 2.05) is 12.1 Å². The normalized spacial score (nSPS) is 10.1. The van der Waals surface area contributed by atoms with Gasteiger partial charge >= 0.3 is 0 Å². The second-order valence-corrected chi connectivity index (χ2v) is 3.27. The van der Waals surface area contributed by atoms with E-state index in [1.54, 1.807) is 13.3 Å². The van der Waals surface area contributed by atoms with Crippen LogP contribution < -0.4 is 5.32 Å². The minimum atomic E-state index is -0.304. The van der Waals surface area contributed by atoms with E-state index in [4.69, 9.17) is 4.42 Å². The number of hydrogen-bond acceptors (Lipinski definition) is 3. The number of aromatic nitrogens is 2. The molecule has 16 heavy (non-hydrogen) atoms. The fraction of sp³-hybridized carbons (Fsp3) is 0.300. The molecule has 2 rings (SSSR count). The van der Waals surface area contributed by atoms with Gasteiger partial charge in [-0.25, -0.2) is 4.68 Å². The van der Waals surface area contributed by atoms with Gasteiger partial charge in [-0.15, -0.1) is 12.4 Å². The lowest BCUT2D eigenvalue weighted by molar-refractivity contribution is 0.469. The van der Waals surface area contributed by atoms with Crippen molar-refractivity contribution in [3.63, 3.8) is 0 Å². The second kappa shape index (κ2) is 5.67. The van der Waals surface area contributed by atoms with Crippen LogP contribution in [0.4, 0.5) is 4.39 Å². The van der Waals surface area contributed by atoms with Gasteiger partial charge < -0.3 is 9.73 Å². The molecule has 0 atom stereocenters. The van der Waals surface area contributed by atoms with Gasteiger partial charge in [0.1, 0.15) is 5.76 Å². The van der Waals surface area contributed by atoms with Gasteiger partial charge in [-0.2, -0.15) is 9.49 Å². The molecule has 0 saturated heterocycles. The number of nitrogens with one attached hydrogen (secondary N) is 1. The zero-order valence-corrected chi connectivity index (χ0v) is 9.63. The summed E-state index contributed by atoms with van der Waals surface area (Å²) in [6, 6.07) is 3.69. The summed E-state index contributed by atoms with van der Waals surface area (Å²) in [5, 5.41) is 6.88. The van der Waals surface area contributed by atoms with Crippen molar-refractivity contribution < 1.29 is 8.81 Å². The number of hydrogen-bond donors (Lipinski definition) is 1. The summed E-state index contributed by atoms with van der Waals surface area (Å²) in [5.74, 6) is 0.529. The third kappa shape index (κ3) is 2.84. The highest BCUT2D eigenvalue weighted by atomic mass is 35.5. The molecule has 0 aromatic carbocycles. The first-order valence-electron chi connectivity index (χ1n) is 4.67. The van der Waals surface area contributed by atoms with E-state index >= 15 is 0 Å². The molecule has 0 amide bonds. The molecule has 0 aliphatic heterocycles. The molecule has 2 heterocycles. The topological polar surface area (TPSA) is 43.0 Å². The second-order valence-electron chi connectivity index (χ2n) is 3.27. The van der Waals surface area contributed by atoms with E-state index < -0.39 is 0 Å². The Morgan fingerprint density at radius 1 is 1.50 bits per heavy atom. The highest BCUT2D eigenvalue weighted by Crippen LogP contribution is 2.05. The summed E-state index contributed by atoms with van der Waals surface area (Å²) in [7, 11) is 1.57. The van der Waals surface area contributed by atoms with Crippen LogP contribution in [-0.4, -0.2) is 9.78 Å². The zero-order valence-electron chi connectivity index (χ0n) is 8.81. The number of aryl methyl sites for hydroxylation is 1. The number of rotatable bonds is 4. The standard InChI is InChI=1S/C10H12FN3O.ClH/c1-14-10(11)8(6-13-14)5-12-7-9-3-2-4-15-9;/h2-4,6,12H,5,7H2,1H3;1H. The molecule has 2 aromatic heterocycles. The van der Waals surface area contributed by atoms with E-state index in [-0.39, 0.29) is 18.4 Å². The van der Waals surface area contributed by atoms with Gasteiger partial charge in [0, 0.05) is 19.2 Å². The first-order chi connectivity index (χ1) is 7.27. The predicted octanol–water partition coefficient (Wildman–Crippen LogP) is 1.86. The van der Waals surface area contributed by atoms with Crippen molar-refractivity contribution in [1.29, 1.82) is 0 Å². The molecule has 0 bridgehead atoms. The van der Waals surface area contributed by atoms with Crippen LogP contribution >= 0.6 is 12.4 Å². The predicted molar refractivity (Wildman–Crippen MR) is 59.7 cm³/mol. The van der Waals surface area contributed by atoms with E-state index in [2.05, 4.69) is 10.4 Å². The van der Waals surface area contributed by atoms with Crippen LogP contribution in [0.15, 0.2) is 29.0 Å². The Hall–Kier alpha value is -1.33. The maximum absolute atomic E-state index is 13.3. The number of halogens is 2. The summed E-state index contributed by atoms with van der Waals surface area (Å²) in [6.45, 7) is 1.03. The third-order valence-corrected chi connectivity index (χ3v) is 2.13. The van der Waals surface area contributed by atoms with Crippen molar-refractivity contribution in [2.24, 2.45) is 7.05 Å². The zero-order chi connectivity index (χ0) is 10.7. The third-order valence-electron chi connectivity index (χ3n) is 2.13. The van der Waals surface area contributed by atoms with Crippen molar-refractivity contribution in [2.45, 2.75) is 13.1 Å². The number of nitrogens with zero attached hydrogens (tertiary/aromatic N) is 2. The van der Waals surface area contributed by atoms with Gasteiger partial charge in [0.15, 0.2) is 0 Å². The van der Waals surface area contributed by atoms with Crippen LogP contribution in [0.25, 0.3) is 0 Å². The molecule has 0 spiro atoms. The molecule has 4 nitrogen and oxygen atoms in total. The Kier molecular flexibility index (Phi) is 4.52. The van der Waals surface area contributed by atoms with E-state index in [0.29, 0.717) is 18.7 Å². The smallest absolute Gasteiger partial charge is 0.215 e. The van der Waals surface area contributed by atoms with Gasteiger partial charge in [-0.1, -0.05) is 0 Å². The summed E-state index contributed by atoms with van der Waals surface area (Å²) < 4.78 is 19.6. The Morgan fingerprint density at radius 3 is 2.88 bits per heavy atom. The molecule has 1 N–H and O–H groups in total. The Balaban J connectivity index is 0.00000128. The molecule has 0 aliphatic carbocycles. The van der Waals surface area contributed by atoms with Gasteiger partial charge in [-0.3, -0.25) is 0 Å². The SMILES string of the molecule is Cl.Cn1ncc(CNCc2ccco2)c1F. The van der Waals surface area contributed by atoms with Gasteiger partial charge in [-0.05, 0) is 12.1 Å². The highest BCUT2D eigenvalue weighted by molar-refractivity contribution is 5.85. The van der Waals surface area contributed by atoms with Crippen LogP contribution in [0.1, 0.15) is 11.3 Å². The molecule has 88 valence electrons. The molecule has 2 aromatic rings. The van der Waals surface area contributed by atoms with E-state index in [9.17, 15) is 4.39 Å². The monoisotopic (exact) mass is 245 g/mol. The van der Waals surface area contributed by atoms with Gasteiger partial charge in [0.05, 0.1) is 19.0 Å². The summed E-state index contributed by atoms with van der Waals surface area (Å²) in [4.78, 5) is 0. The first kappa shape index (κ1) is 12.7. The largest absolute Gasteiger partial charge is 0.468 e. The maximum Gasteiger partial charge on any atom is 0.215 e. The van der Waals surface area contributed by atoms with Crippen LogP contribution in [-0.2, 0) is 20.1 Å². The molecule has 0 saturated carbocycles. The average Bonchev–Trinajstić information content (AvgIpc) is 2.83. The Bertz CT molecular complexity index is 427.